The second-order valence-electron chi connectivity index (χ2n) is 4.43. The zero-order chi connectivity index (χ0) is 12.3. The topological polar surface area (TPSA) is 49.8 Å². The fourth-order valence-electron chi connectivity index (χ4n) is 2.21. The smallest absolute Gasteiger partial charge is 0.317 e. The molecule has 0 radical (unpaired) electrons. The number of rotatable bonds is 3. The maximum atomic E-state index is 10.7. The lowest BCUT2D eigenvalue weighted by molar-refractivity contribution is -0.142. The molecule has 0 bridgehead atoms. The van der Waals surface area contributed by atoms with Gasteiger partial charge in [0.15, 0.2) is 0 Å². The molecule has 0 saturated carbocycles. The second kappa shape index (κ2) is 5.29. The monoisotopic (exact) mass is 235 g/mol. The third kappa shape index (κ3) is 3.28. The van der Waals surface area contributed by atoms with Crippen molar-refractivity contribution in [2.75, 3.05) is 19.6 Å². The van der Waals surface area contributed by atoms with Gasteiger partial charge in [0.2, 0.25) is 0 Å². The molecule has 2 rings (SSSR count). The largest absolute Gasteiger partial charge is 0.480 e. The van der Waals surface area contributed by atoms with Crippen LogP contribution in [0.1, 0.15) is 18.6 Å². The van der Waals surface area contributed by atoms with Gasteiger partial charge in [-0.25, -0.2) is 0 Å². The number of hydrogen-bond donors (Lipinski definition) is 1. The number of nitrogens with zero attached hydrogens (tertiary/aromatic N) is 1. The highest BCUT2D eigenvalue weighted by atomic mass is 16.5. The zero-order valence-corrected chi connectivity index (χ0v) is 9.87. The summed E-state index contributed by atoms with van der Waals surface area (Å²) in [5.74, 6) is -0.786. The van der Waals surface area contributed by atoms with Crippen molar-refractivity contribution in [3.05, 3.63) is 35.9 Å². The number of carboxylic acids is 1. The van der Waals surface area contributed by atoms with Crippen molar-refractivity contribution < 1.29 is 14.6 Å². The van der Waals surface area contributed by atoms with Gasteiger partial charge in [0, 0.05) is 13.1 Å². The van der Waals surface area contributed by atoms with Crippen molar-refractivity contribution in [3.63, 3.8) is 0 Å². The minimum absolute atomic E-state index is 0.0284. The Labute approximate surface area is 101 Å². The van der Waals surface area contributed by atoms with Gasteiger partial charge in [-0.2, -0.15) is 0 Å². The van der Waals surface area contributed by atoms with Crippen LogP contribution in [-0.4, -0.2) is 41.7 Å². The molecule has 0 aliphatic carbocycles. The van der Waals surface area contributed by atoms with Crippen LogP contribution in [0.4, 0.5) is 0 Å². The number of benzene rings is 1. The Kier molecular flexibility index (Phi) is 3.76. The molecule has 1 fully saturated rings. The number of ether oxygens (including phenoxy) is 1. The average Bonchev–Trinajstić information content (AvgIpc) is 2.28. The number of aliphatic carboxylic acids is 1. The van der Waals surface area contributed by atoms with E-state index in [2.05, 4.69) is 0 Å². The highest BCUT2D eigenvalue weighted by Crippen LogP contribution is 2.24. The summed E-state index contributed by atoms with van der Waals surface area (Å²) < 4.78 is 5.85. The Morgan fingerprint density at radius 2 is 2.12 bits per heavy atom. The van der Waals surface area contributed by atoms with Crippen molar-refractivity contribution in [2.24, 2.45) is 0 Å². The molecule has 1 saturated heterocycles. The van der Waals surface area contributed by atoms with Crippen LogP contribution in [-0.2, 0) is 9.53 Å². The first-order valence-electron chi connectivity index (χ1n) is 5.79. The molecule has 2 atom stereocenters. The van der Waals surface area contributed by atoms with Gasteiger partial charge in [0.05, 0.1) is 18.8 Å². The summed E-state index contributed by atoms with van der Waals surface area (Å²) in [6.07, 6.45) is 0.0348. The number of hydrogen-bond acceptors (Lipinski definition) is 3. The third-order valence-electron chi connectivity index (χ3n) is 2.87. The van der Waals surface area contributed by atoms with Crippen LogP contribution >= 0.6 is 0 Å². The SMILES string of the molecule is C[C@H]1CN(CC(=O)O)C[C@@H](c2ccccc2)O1. The van der Waals surface area contributed by atoms with Crippen molar-refractivity contribution in [1.29, 1.82) is 0 Å². The summed E-state index contributed by atoms with van der Waals surface area (Å²) >= 11 is 0. The first-order valence-corrected chi connectivity index (χ1v) is 5.79. The first kappa shape index (κ1) is 12.1. The fraction of sp³-hybridized carbons (Fsp3) is 0.462. The molecule has 1 aromatic carbocycles. The second-order valence-corrected chi connectivity index (χ2v) is 4.43. The van der Waals surface area contributed by atoms with Crippen LogP contribution in [0.5, 0.6) is 0 Å². The zero-order valence-electron chi connectivity index (χ0n) is 9.87. The molecule has 0 aromatic heterocycles. The highest BCUT2D eigenvalue weighted by Gasteiger charge is 2.27. The molecule has 0 amide bonds. The lowest BCUT2D eigenvalue weighted by Gasteiger charge is -2.36. The summed E-state index contributed by atoms with van der Waals surface area (Å²) in [7, 11) is 0. The standard InChI is InChI=1S/C13H17NO3/c1-10-7-14(9-13(15)16)8-12(17-10)11-5-3-2-4-6-11/h2-6,10,12H,7-9H2,1H3,(H,15,16)/t10-,12-/m0/s1. The van der Waals surface area contributed by atoms with Gasteiger partial charge < -0.3 is 9.84 Å². The summed E-state index contributed by atoms with van der Waals surface area (Å²) in [5, 5.41) is 8.83. The lowest BCUT2D eigenvalue weighted by Crippen LogP contribution is -2.44. The molecule has 4 nitrogen and oxygen atoms in total. The van der Waals surface area contributed by atoms with E-state index in [0.29, 0.717) is 13.1 Å². The van der Waals surface area contributed by atoms with Gasteiger partial charge in [0.25, 0.3) is 0 Å². The minimum atomic E-state index is -0.786. The molecular weight excluding hydrogens is 218 g/mol. The first-order chi connectivity index (χ1) is 8.15. The molecule has 4 heteroatoms. The van der Waals surface area contributed by atoms with Gasteiger partial charge in [-0.05, 0) is 12.5 Å². The van der Waals surface area contributed by atoms with E-state index in [1.165, 1.54) is 0 Å². The van der Waals surface area contributed by atoms with E-state index in [0.717, 1.165) is 5.56 Å². The number of carboxylic acid groups (broad SMARTS) is 1. The van der Waals surface area contributed by atoms with Crippen molar-refractivity contribution in [3.8, 4) is 0 Å². The van der Waals surface area contributed by atoms with E-state index < -0.39 is 5.97 Å². The maximum Gasteiger partial charge on any atom is 0.317 e. The molecule has 0 spiro atoms. The van der Waals surface area contributed by atoms with Crippen molar-refractivity contribution >= 4 is 5.97 Å². The van der Waals surface area contributed by atoms with Gasteiger partial charge in [-0.1, -0.05) is 30.3 Å². The summed E-state index contributed by atoms with van der Waals surface area (Å²) in [5.41, 5.74) is 1.11. The summed E-state index contributed by atoms with van der Waals surface area (Å²) in [6, 6.07) is 9.94. The van der Waals surface area contributed by atoms with Crippen LogP contribution in [0.15, 0.2) is 30.3 Å². The maximum absolute atomic E-state index is 10.7. The van der Waals surface area contributed by atoms with Crippen LogP contribution in [0.25, 0.3) is 0 Å². The van der Waals surface area contributed by atoms with Crippen LogP contribution in [0, 0.1) is 0 Å². The molecule has 1 aromatic rings. The Hall–Kier alpha value is -1.39. The molecule has 1 aliphatic heterocycles. The lowest BCUT2D eigenvalue weighted by atomic mass is 10.1. The molecule has 92 valence electrons. The molecular formula is C13H17NO3. The van der Waals surface area contributed by atoms with E-state index in [1.54, 1.807) is 0 Å². The quantitative estimate of drug-likeness (QED) is 0.863. The van der Waals surface area contributed by atoms with Crippen LogP contribution < -0.4 is 0 Å². The van der Waals surface area contributed by atoms with E-state index >= 15 is 0 Å². The van der Waals surface area contributed by atoms with Gasteiger partial charge in [0.1, 0.15) is 0 Å². The summed E-state index contributed by atoms with van der Waals surface area (Å²) in [6.45, 7) is 3.37. The molecule has 1 heterocycles. The number of morpholine rings is 1. The number of carbonyl (C=O) groups is 1. The van der Waals surface area contributed by atoms with E-state index in [4.69, 9.17) is 9.84 Å². The van der Waals surface area contributed by atoms with Gasteiger partial charge in [-0.15, -0.1) is 0 Å². The molecule has 1 aliphatic rings. The predicted molar refractivity (Wildman–Crippen MR) is 63.8 cm³/mol. The van der Waals surface area contributed by atoms with E-state index in [9.17, 15) is 4.79 Å². The van der Waals surface area contributed by atoms with Crippen LogP contribution in [0.2, 0.25) is 0 Å². The van der Waals surface area contributed by atoms with E-state index in [1.807, 2.05) is 42.2 Å². The van der Waals surface area contributed by atoms with E-state index in [-0.39, 0.29) is 18.8 Å². The minimum Gasteiger partial charge on any atom is -0.480 e. The molecule has 0 unspecified atom stereocenters. The molecule has 17 heavy (non-hydrogen) atoms. The predicted octanol–water partition coefficient (Wildman–Crippen LogP) is 1.53. The van der Waals surface area contributed by atoms with Gasteiger partial charge in [-0.3, -0.25) is 9.69 Å². The average molecular weight is 235 g/mol. The highest BCUT2D eigenvalue weighted by molar-refractivity contribution is 5.69. The Morgan fingerprint density at radius 3 is 2.76 bits per heavy atom. The third-order valence-corrected chi connectivity index (χ3v) is 2.87. The van der Waals surface area contributed by atoms with Gasteiger partial charge >= 0.3 is 5.97 Å². The Balaban J connectivity index is 2.06. The summed E-state index contributed by atoms with van der Waals surface area (Å²) in [4.78, 5) is 12.7. The fourth-order valence-corrected chi connectivity index (χ4v) is 2.21. The van der Waals surface area contributed by atoms with Crippen LogP contribution in [0.3, 0.4) is 0 Å². The Morgan fingerprint density at radius 1 is 1.41 bits per heavy atom. The van der Waals surface area contributed by atoms with Crippen molar-refractivity contribution in [1.82, 2.24) is 4.90 Å². The Bertz CT molecular complexity index is 380. The normalized spacial score (nSPS) is 25.7. The molecule has 1 N–H and O–H groups in total. The van der Waals surface area contributed by atoms with Crippen molar-refractivity contribution in [2.45, 2.75) is 19.1 Å².